The molecule has 15 heavy (non-hydrogen) atoms. The fraction of sp³-hybridized carbons (Fsp3) is 0.333. The first-order valence-corrected chi connectivity index (χ1v) is 5.74. The van der Waals surface area contributed by atoms with Gasteiger partial charge in [0.1, 0.15) is 0 Å². The number of aliphatic imine (C=N–C) groups is 1. The minimum absolute atomic E-state index is 0. The molecule has 0 N–H and O–H groups in total. The van der Waals surface area contributed by atoms with E-state index < -0.39 is 0 Å². The first-order chi connectivity index (χ1) is 6.68. The number of hydrogen-bond acceptors (Lipinski definition) is 2. The van der Waals surface area contributed by atoms with Gasteiger partial charge in [-0.3, -0.25) is 4.99 Å². The molecule has 0 saturated carbocycles. The third kappa shape index (κ3) is 1.96. The summed E-state index contributed by atoms with van der Waals surface area (Å²) in [4.78, 5) is 4.68. The fourth-order valence-electron chi connectivity index (χ4n) is 1.45. The van der Waals surface area contributed by atoms with Crippen LogP contribution in [0.25, 0.3) is 0 Å². The zero-order valence-corrected chi connectivity index (χ0v) is 12.0. The van der Waals surface area contributed by atoms with E-state index in [4.69, 9.17) is 0 Å². The maximum Gasteiger partial charge on any atom is 0.0481 e. The fourth-order valence-corrected chi connectivity index (χ4v) is 2.25. The van der Waals surface area contributed by atoms with Crippen LogP contribution in [0.1, 0.15) is 20.8 Å². The number of thioether (sulfide) groups is 1. The summed E-state index contributed by atoms with van der Waals surface area (Å²) in [6.07, 6.45) is 6.45. The molecule has 1 radical (unpaired) electrons. The van der Waals surface area contributed by atoms with Crippen LogP contribution >= 0.6 is 11.8 Å². The molecule has 0 saturated heterocycles. The molecule has 2 aliphatic rings. The third-order valence-electron chi connectivity index (χ3n) is 2.44. The maximum atomic E-state index is 4.68. The number of hydrogen-bond donors (Lipinski definition) is 0. The summed E-state index contributed by atoms with van der Waals surface area (Å²) in [5.41, 5.74) is 2.46. The minimum atomic E-state index is 0. The Morgan fingerprint density at radius 1 is 1.33 bits per heavy atom. The Morgan fingerprint density at radius 3 is 2.73 bits per heavy atom. The van der Waals surface area contributed by atoms with Crippen LogP contribution in [0.2, 0.25) is 0 Å². The van der Waals surface area contributed by atoms with Gasteiger partial charge in [0, 0.05) is 10.7 Å². The molecule has 0 atom stereocenters. The summed E-state index contributed by atoms with van der Waals surface area (Å²) in [6.45, 7) is 6.49. The summed E-state index contributed by atoms with van der Waals surface area (Å²) < 4.78 is 0. The largest absolute Gasteiger partial charge is 0.260 e. The molecule has 0 aromatic carbocycles. The van der Waals surface area contributed by atoms with Crippen LogP contribution in [-0.4, -0.2) is 5.04 Å². The van der Waals surface area contributed by atoms with Crippen LogP contribution in [0.5, 0.6) is 0 Å². The zero-order valence-electron chi connectivity index (χ0n) is 9.00. The zero-order chi connectivity index (χ0) is 10.1. The quantitative estimate of drug-likeness (QED) is 0.537. The van der Waals surface area contributed by atoms with Gasteiger partial charge in [-0.15, -0.1) is 17.7 Å². The van der Waals surface area contributed by atoms with E-state index in [9.17, 15) is 0 Å². The van der Waals surface area contributed by atoms with Crippen molar-refractivity contribution in [1.29, 1.82) is 0 Å². The van der Waals surface area contributed by atoms with Crippen LogP contribution in [0.3, 0.4) is 0 Å². The Bertz CT molecular complexity index is 364. The monoisotopic (exact) mass is 466 g/mol. The van der Waals surface area contributed by atoms with Gasteiger partial charge in [-0.1, -0.05) is 32.3 Å². The molecule has 0 aromatic heterocycles. The SMILES string of the molecule is C[C-]1C2=CC=C(C(C)C)N=C1SC=C2.[Lr]. The van der Waals surface area contributed by atoms with Crippen molar-refractivity contribution in [2.75, 3.05) is 0 Å². The van der Waals surface area contributed by atoms with E-state index in [1.807, 2.05) is 0 Å². The van der Waals surface area contributed by atoms with E-state index in [2.05, 4.69) is 49.4 Å². The van der Waals surface area contributed by atoms with Crippen LogP contribution in [-0.2, 0) is 0 Å². The number of rotatable bonds is 1. The van der Waals surface area contributed by atoms with E-state index >= 15 is 0 Å². The van der Waals surface area contributed by atoms with Gasteiger partial charge in [0.05, 0.1) is 0 Å². The average molecular weight is 466 g/mol. The van der Waals surface area contributed by atoms with Gasteiger partial charge >= 0.3 is 0 Å². The van der Waals surface area contributed by atoms with Crippen LogP contribution in [0.4, 0.5) is 0 Å². The first kappa shape index (κ1) is 11.2. The summed E-state index contributed by atoms with van der Waals surface area (Å²) >= 11 is 1.71. The number of nitrogens with zero attached hydrogens (tertiary/aromatic N) is 1. The summed E-state index contributed by atoms with van der Waals surface area (Å²) in [5.74, 6) is 1.79. The van der Waals surface area contributed by atoms with E-state index in [1.54, 1.807) is 11.8 Å². The van der Waals surface area contributed by atoms with Gasteiger partial charge in [0.2, 0.25) is 0 Å². The van der Waals surface area contributed by atoms with E-state index in [-0.39, 0.29) is 0 Å². The van der Waals surface area contributed by atoms with Gasteiger partial charge in [-0.05, 0) is 5.92 Å². The van der Waals surface area contributed by atoms with Crippen molar-refractivity contribution in [3.63, 3.8) is 0 Å². The maximum absolute atomic E-state index is 4.68. The van der Waals surface area contributed by atoms with Crippen molar-refractivity contribution in [3.8, 4) is 0 Å². The van der Waals surface area contributed by atoms with E-state index in [0.717, 1.165) is 5.04 Å². The molecular weight excluding hydrogens is 452 g/mol. The molecule has 2 heterocycles. The molecule has 89 valence electrons. The number of fused-ring (bicyclic) bond motifs is 2. The van der Waals surface area contributed by atoms with Gasteiger partial charge in [-0.25, -0.2) is 0 Å². The minimum Gasteiger partial charge on any atom is -0.260 e. The molecule has 0 fully saturated rings. The van der Waals surface area contributed by atoms with E-state index in [1.165, 1.54) is 17.2 Å². The second kappa shape index (κ2) is 4.09. The van der Waals surface area contributed by atoms with Gasteiger partial charge in [0.15, 0.2) is 0 Å². The Kier molecular flexibility index (Phi) is 3.05. The summed E-state index contributed by atoms with van der Waals surface area (Å²) in [6, 6.07) is 0. The molecule has 0 spiro atoms. The normalized spacial score (nSPS) is 18.9. The van der Waals surface area contributed by atoms with Gasteiger partial charge in [-0.2, -0.15) is 17.7 Å². The number of allylic oxidation sites excluding steroid dienone is 5. The van der Waals surface area contributed by atoms with Crippen molar-refractivity contribution in [2.45, 2.75) is 20.8 Å². The molecule has 0 aromatic rings. The van der Waals surface area contributed by atoms with Crippen LogP contribution in [0.15, 0.2) is 39.9 Å². The van der Waals surface area contributed by atoms with Crippen molar-refractivity contribution >= 4 is 16.8 Å². The molecule has 1 nitrogen and oxygen atoms in total. The van der Waals surface area contributed by atoms with Crippen molar-refractivity contribution < 1.29 is 0 Å². The van der Waals surface area contributed by atoms with Crippen LogP contribution < -0.4 is 0 Å². The third-order valence-corrected chi connectivity index (χ3v) is 3.33. The summed E-state index contributed by atoms with van der Waals surface area (Å²) in [7, 11) is 0. The van der Waals surface area contributed by atoms with Crippen molar-refractivity contribution in [1.82, 2.24) is 0 Å². The molecule has 0 amide bonds. The molecular formula is C12H14LrNS-. The molecule has 0 unspecified atom stereocenters. The van der Waals surface area contributed by atoms with Crippen molar-refractivity contribution in [2.24, 2.45) is 10.9 Å². The molecule has 0 aliphatic carbocycles. The molecule has 2 aliphatic heterocycles. The van der Waals surface area contributed by atoms with E-state index in [0.29, 0.717) is 5.92 Å². The molecule has 2 bridgehead atoms. The Morgan fingerprint density at radius 2 is 2.07 bits per heavy atom. The Labute approximate surface area is 89.7 Å². The predicted molar refractivity (Wildman–Crippen MR) is 64.1 cm³/mol. The Hall–Kier alpha value is -1.89. The van der Waals surface area contributed by atoms with Gasteiger partial charge in [0.25, 0.3) is 0 Å². The smallest absolute Gasteiger partial charge is 0.0481 e. The molecule has 3 heteroatoms. The Balaban J connectivity index is 0.00000112. The van der Waals surface area contributed by atoms with Crippen LogP contribution in [0, 0.1) is 11.8 Å². The second-order valence-electron chi connectivity index (χ2n) is 3.83. The molecule has 2 rings (SSSR count). The first-order valence-electron chi connectivity index (χ1n) is 4.86. The standard InChI is InChI=1S/C12H14NS.Lr/c1-8(2)11-5-4-10-6-7-14-12(13-11)9(10)3;/h4-8H,1-3H3;/q-1;. The van der Waals surface area contributed by atoms with Gasteiger partial charge < -0.3 is 0 Å². The predicted octanol–water partition coefficient (Wildman–Crippen LogP) is 3.72. The average Bonchev–Trinajstić information content (AvgIpc) is 2.26. The van der Waals surface area contributed by atoms with Crippen molar-refractivity contribution in [3.05, 3.63) is 40.8 Å². The topological polar surface area (TPSA) is 12.4 Å². The second-order valence-corrected chi connectivity index (χ2v) is 4.73. The summed E-state index contributed by atoms with van der Waals surface area (Å²) in [5, 5.41) is 3.26.